The third-order valence-corrected chi connectivity index (χ3v) is 4.77. The van der Waals surface area contributed by atoms with Gasteiger partial charge in [-0.3, -0.25) is 0 Å². The minimum atomic E-state index is -0.131. The van der Waals surface area contributed by atoms with E-state index in [2.05, 4.69) is 16.0 Å². The van der Waals surface area contributed by atoms with E-state index in [0.29, 0.717) is 6.61 Å². The molecule has 0 bridgehead atoms. The van der Waals surface area contributed by atoms with Crippen LogP contribution < -0.4 is 4.74 Å². The Morgan fingerprint density at radius 3 is 2.70 bits per heavy atom. The molecule has 5 nitrogen and oxygen atoms in total. The molecule has 1 spiro atoms. The van der Waals surface area contributed by atoms with Gasteiger partial charge in [-0.15, -0.1) is 0 Å². The molecule has 0 radical (unpaired) electrons. The van der Waals surface area contributed by atoms with E-state index in [1.807, 2.05) is 25.4 Å². The first-order chi connectivity index (χ1) is 11.2. The van der Waals surface area contributed by atoms with Gasteiger partial charge in [-0.25, -0.2) is 15.0 Å². The van der Waals surface area contributed by atoms with Gasteiger partial charge in [-0.05, 0) is 35.6 Å². The number of methoxy groups -OCH3 is 1. The molecule has 2 heterocycles. The van der Waals surface area contributed by atoms with Gasteiger partial charge in [-0.1, -0.05) is 6.07 Å². The van der Waals surface area contributed by atoms with E-state index in [9.17, 15) is 0 Å². The average molecular weight is 309 g/mol. The number of rotatable bonds is 2. The lowest BCUT2D eigenvalue weighted by Crippen LogP contribution is -2.36. The van der Waals surface area contributed by atoms with Crippen LogP contribution in [0.1, 0.15) is 24.5 Å². The first kappa shape index (κ1) is 14.2. The number of nitrogens with zero attached hydrogens (tertiary/aromatic N) is 3. The number of hydrogen-bond acceptors (Lipinski definition) is 5. The largest absolute Gasteiger partial charge is 0.496 e. The molecule has 0 saturated carbocycles. The molecule has 1 unspecified atom stereocenters. The molecular formula is C18H19N3O2. The van der Waals surface area contributed by atoms with E-state index in [-0.39, 0.29) is 5.54 Å². The monoisotopic (exact) mass is 309 g/mol. The maximum Gasteiger partial charge on any atom is 0.180 e. The van der Waals surface area contributed by atoms with Gasteiger partial charge in [0.05, 0.1) is 7.11 Å². The van der Waals surface area contributed by atoms with Crippen molar-refractivity contribution in [2.75, 3.05) is 13.7 Å². The van der Waals surface area contributed by atoms with Crippen molar-refractivity contribution < 1.29 is 9.47 Å². The van der Waals surface area contributed by atoms with Crippen molar-refractivity contribution >= 4 is 5.90 Å². The van der Waals surface area contributed by atoms with Gasteiger partial charge in [0.25, 0.3) is 0 Å². The highest BCUT2D eigenvalue weighted by Crippen LogP contribution is 2.42. The van der Waals surface area contributed by atoms with Gasteiger partial charge in [0.15, 0.2) is 5.90 Å². The maximum atomic E-state index is 5.66. The maximum absolute atomic E-state index is 5.66. The number of fused-ring (bicyclic) bond motifs is 1. The second kappa shape index (κ2) is 5.33. The Morgan fingerprint density at radius 2 is 2.00 bits per heavy atom. The van der Waals surface area contributed by atoms with Crippen LogP contribution in [0.25, 0.3) is 11.1 Å². The van der Waals surface area contributed by atoms with E-state index >= 15 is 0 Å². The molecule has 0 amide bonds. The zero-order valence-electron chi connectivity index (χ0n) is 13.4. The lowest BCUT2D eigenvalue weighted by Gasteiger charge is -2.32. The van der Waals surface area contributed by atoms with Gasteiger partial charge in [0.2, 0.25) is 0 Å². The van der Waals surface area contributed by atoms with Crippen LogP contribution in [0.3, 0.4) is 0 Å². The molecule has 2 aliphatic rings. The summed E-state index contributed by atoms with van der Waals surface area (Å²) in [5, 5.41) is 0. The van der Waals surface area contributed by atoms with Crippen molar-refractivity contribution in [3.63, 3.8) is 0 Å². The van der Waals surface area contributed by atoms with Gasteiger partial charge in [-0.2, -0.15) is 0 Å². The molecule has 1 aliphatic heterocycles. The molecule has 1 aliphatic carbocycles. The Bertz CT molecular complexity index is 773. The first-order valence-electron chi connectivity index (χ1n) is 7.84. The Balaban J connectivity index is 1.85. The second-order valence-electron chi connectivity index (χ2n) is 6.22. The molecule has 5 heteroatoms. The molecule has 23 heavy (non-hydrogen) atoms. The minimum Gasteiger partial charge on any atom is -0.496 e. The van der Waals surface area contributed by atoms with E-state index in [4.69, 9.17) is 14.5 Å². The standard InChI is InChI=1S/C18H19N3O2/c1-12-21-18(10-23-12)6-5-15-16(7-18)14(3-4-17(15)22-2)13-8-19-11-20-9-13/h3-4,8-9,11H,5-7,10H2,1-2H3. The summed E-state index contributed by atoms with van der Waals surface area (Å²) in [6.45, 7) is 2.60. The third kappa shape index (κ3) is 2.36. The fraction of sp³-hybridized carbons (Fsp3) is 0.389. The summed E-state index contributed by atoms with van der Waals surface area (Å²) in [6, 6.07) is 4.14. The highest BCUT2D eigenvalue weighted by atomic mass is 16.5. The van der Waals surface area contributed by atoms with Crippen molar-refractivity contribution in [3.8, 4) is 16.9 Å². The van der Waals surface area contributed by atoms with Crippen LogP contribution in [0.2, 0.25) is 0 Å². The lowest BCUT2D eigenvalue weighted by atomic mass is 9.76. The van der Waals surface area contributed by atoms with Crippen LogP contribution in [0.4, 0.5) is 0 Å². The lowest BCUT2D eigenvalue weighted by molar-refractivity contribution is 0.234. The normalized spacial score (nSPS) is 22.4. The van der Waals surface area contributed by atoms with Crippen molar-refractivity contribution in [3.05, 3.63) is 42.0 Å². The Kier molecular flexibility index (Phi) is 3.29. The molecule has 4 rings (SSSR count). The highest BCUT2D eigenvalue weighted by Gasteiger charge is 2.40. The zero-order valence-corrected chi connectivity index (χ0v) is 13.4. The molecule has 1 aromatic heterocycles. The highest BCUT2D eigenvalue weighted by molar-refractivity contribution is 5.76. The fourth-order valence-electron chi connectivity index (χ4n) is 3.68. The quantitative estimate of drug-likeness (QED) is 0.856. The van der Waals surface area contributed by atoms with E-state index in [0.717, 1.165) is 36.5 Å². The molecular weight excluding hydrogens is 290 g/mol. The molecule has 118 valence electrons. The first-order valence-corrected chi connectivity index (χ1v) is 7.84. The van der Waals surface area contributed by atoms with E-state index in [1.165, 1.54) is 16.7 Å². The Morgan fingerprint density at radius 1 is 1.17 bits per heavy atom. The van der Waals surface area contributed by atoms with Crippen molar-refractivity contribution in [2.24, 2.45) is 4.99 Å². The number of hydrogen-bond donors (Lipinski definition) is 0. The van der Waals surface area contributed by atoms with Gasteiger partial charge < -0.3 is 9.47 Å². The summed E-state index contributed by atoms with van der Waals surface area (Å²) in [5.74, 6) is 1.75. The Hall–Kier alpha value is -2.43. The summed E-state index contributed by atoms with van der Waals surface area (Å²) in [5.41, 5.74) is 4.63. The smallest absolute Gasteiger partial charge is 0.180 e. The van der Waals surface area contributed by atoms with Crippen molar-refractivity contribution in [1.29, 1.82) is 0 Å². The second-order valence-corrected chi connectivity index (χ2v) is 6.22. The van der Waals surface area contributed by atoms with E-state index < -0.39 is 0 Å². The number of benzene rings is 1. The third-order valence-electron chi connectivity index (χ3n) is 4.77. The Labute approximate surface area is 135 Å². The van der Waals surface area contributed by atoms with Gasteiger partial charge >= 0.3 is 0 Å². The summed E-state index contributed by atoms with van der Waals surface area (Å²) in [6.07, 6.45) is 8.06. The molecule has 1 atom stereocenters. The predicted molar refractivity (Wildman–Crippen MR) is 87.8 cm³/mol. The van der Waals surface area contributed by atoms with Crippen LogP contribution in [-0.4, -0.2) is 35.1 Å². The molecule has 0 fully saturated rings. The zero-order chi connectivity index (χ0) is 15.9. The molecule has 2 aromatic rings. The predicted octanol–water partition coefficient (Wildman–Crippen LogP) is 2.83. The summed E-state index contributed by atoms with van der Waals surface area (Å²) < 4.78 is 11.2. The number of aliphatic imine (C=N–C) groups is 1. The minimum absolute atomic E-state index is 0.131. The summed E-state index contributed by atoms with van der Waals surface area (Å²) >= 11 is 0. The molecule has 0 saturated heterocycles. The topological polar surface area (TPSA) is 56.6 Å². The van der Waals surface area contributed by atoms with Crippen LogP contribution >= 0.6 is 0 Å². The summed E-state index contributed by atoms with van der Waals surface area (Å²) in [7, 11) is 1.73. The molecule has 0 N–H and O–H groups in total. The number of ether oxygens (including phenoxy) is 2. The van der Waals surface area contributed by atoms with Crippen LogP contribution in [0, 0.1) is 0 Å². The average Bonchev–Trinajstić information content (AvgIpc) is 2.94. The van der Waals surface area contributed by atoms with Crippen molar-refractivity contribution in [2.45, 2.75) is 31.7 Å². The summed E-state index contributed by atoms with van der Waals surface area (Å²) in [4.78, 5) is 13.1. The van der Waals surface area contributed by atoms with Crippen LogP contribution in [-0.2, 0) is 17.6 Å². The molecule has 1 aromatic carbocycles. The van der Waals surface area contributed by atoms with Crippen LogP contribution in [0.15, 0.2) is 35.8 Å². The van der Waals surface area contributed by atoms with E-state index in [1.54, 1.807) is 13.4 Å². The van der Waals surface area contributed by atoms with Crippen LogP contribution in [0.5, 0.6) is 5.75 Å². The van der Waals surface area contributed by atoms with Crippen molar-refractivity contribution in [1.82, 2.24) is 9.97 Å². The number of aromatic nitrogens is 2. The van der Waals surface area contributed by atoms with Gasteiger partial charge in [0.1, 0.15) is 24.2 Å². The fourth-order valence-corrected chi connectivity index (χ4v) is 3.68. The SMILES string of the molecule is COc1ccc(-c2cncnc2)c2c1CCC1(COC(C)=N1)C2. The van der Waals surface area contributed by atoms with Gasteiger partial charge in [0, 0.05) is 31.3 Å².